The maximum absolute atomic E-state index is 12.6. The van der Waals surface area contributed by atoms with Crippen molar-refractivity contribution < 1.29 is 13.2 Å². The van der Waals surface area contributed by atoms with Gasteiger partial charge in [-0.2, -0.15) is 0 Å². The number of hydrogen-bond donors (Lipinski definition) is 1. The van der Waals surface area contributed by atoms with Gasteiger partial charge in [0, 0.05) is 19.8 Å². The molecule has 0 unspecified atom stereocenters. The predicted molar refractivity (Wildman–Crippen MR) is 99.4 cm³/mol. The molecule has 0 atom stereocenters. The third-order valence-corrected chi connectivity index (χ3v) is 5.82. The van der Waals surface area contributed by atoms with Crippen molar-refractivity contribution in [2.24, 2.45) is 0 Å². The zero-order valence-corrected chi connectivity index (χ0v) is 15.9. The van der Waals surface area contributed by atoms with Crippen LogP contribution in [0.2, 0.25) is 5.02 Å². The molecular weight excluding hydrogens is 392 g/mol. The summed E-state index contributed by atoms with van der Waals surface area (Å²) in [6, 6.07) is 10.8. The van der Waals surface area contributed by atoms with Gasteiger partial charge in [0.25, 0.3) is 5.91 Å². The van der Waals surface area contributed by atoms with Gasteiger partial charge in [0.15, 0.2) is 0 Å². The zero-order valence-electron chi connectivity index (χ0n) is 14.4. The van der Waals surface area contributed by atoms with Crippen molar-refractivity contribution in [3.05, 3.63) is 59.4 Å². The Labute approximate surface area is 160 Å². The summed E-state index contributed by atoms with van der Waals surface area (Å²) in [5.41, 5.74) is 1.17. The second-order valence-electron chi connectivity index (χ2n) is 5.69. The molecule has 140 valence electrons. The van der Waals surface area contributed by atoms with Crippen LogP contribution in [0.15, 0.2) is 53.7 Å². The summed E-state index contributed by atoms with van der Waals surface area (Å²) in [6.45, 7) is 0. The normalized spacial score (nSPS) is 11.6. The quantitative estimate of drug-likeness (QED) is 0.692. The topological polar surface area (TPSA) is 110 Å². The van der Waals surface area contributed by atoms with Gasteiger partial charge < -0.3 is 5.32 Å². The third kappa shape index (κ3) is 3.97. The van der Waals surface area contributed by atoms with Crippen molar-refractivity contribution in [2.45, 2.75) is 4.90 Å². The van der Waals surface area contributed by atoms with Gasteiger partial charge in [0.1, 0.15) is 6.33 Å². The number of anilines is 1. The van der Waals surface area contributed by atoms with Crippen molar-refractivity contribution in [3.8, 4) is 5.69 Å². The molecule has 0 saturated carbocycles. The van der Waals surface area contributed by atoms with Crippen molar-refractivity contribution in [3.63, 3.8) is 0 Å². The smallest absolute Gasteiger partial charge is 0.257 e. The van der Waals surface area contributed by atoms with Gasteiger partial charge in [0.05, 0.1) is 21.2 Å². The van der Waals surface area contributed by atoms with Crippen LogP contribution < -0.4 is 5.32 Å². The Hall–Kier alpha value is -2.82. The number of amides is 1. The van der Waals surface area contributed by atoms with Gasteiger partial charge in [-0.3, -0.25) is 4.79 Å². The molecule has 0 aliphatic rings. The Morgan fingerprint density at radius 3 is 2.63 bits per heavy atom. The fraction of sp³-hybridized carbons (Fsp3) is 0.125. The fourth-order valence-corrected chi connectivity index (χ4v) is 3.39. The highest BCUT2D eigenvalue weighted by Gasteiger charge is 2.21. The number of nitrogens with one attached hydrogen (secondary N) is 1. The van der Waals surface area contributed by atoms with E-state index < -0.39 is 15.9 Å². The van der Waals surface area contributed by atoms with Crippen LogP contribution in [0.4, 0.5) is 5.69 Å². The van der Waals surface area contributed by atoms with Crippen LogP contribution in [-0.2, 0) is 10.0 Å². The second-order valence-corrected chi connectivity index (χ2v) is 8.25. The highest BCUT2D eigenvalue weighted by molar-refractivity contribution is 7.89. The number of nitrogens with zero attached hydrogens (tertiary/aromatic N) is 5. The first-order valence-corrected chi connectivity index (χ1v) is 9.47. The van der Waals surface area contributed by atoms with E-state index in [1.54, 1.807) is 24.3 Å². The van der Waals surface area contributed by atoms with Gasteiger partial charge in [-0.25, -0.2) is 17.4 Å². The van der Waals surface area contributed by atoms with Crippen molar-refractivity contribution >= 4 is 33.2 Å². The number of hydrogen-bond acceptors (Lipinski definition) is 6. The minimum atomic E-state index is -3.69. The van der Waals surface area contributed by atoms with Crippen LogP contribution >= 0.6 is 11.6 Å². The van der Waals surface area contributed by atoms with Crippen molar-refractivity contribution in [1.82, 2.24) is 24.5 Å². The van der Waals surface area contributed by atoms with Gasteiger partial charge in [-0.1, -0.05) is 17.7 Å². The number of tetrazole rings is 1. The lowest BCUT2D eigenvalue weighted by molar-refractivity contribution is 0.102. The van der Waals surface area contributed by atoms with E-state index in [9.17, 15) is 13.2 Å². The average molecular weight is 407 g/mol. The van der Waals surface area contributed by atoms with E-state index >= 15 is 0 Å². The van der Waals surface area contributed by atoms with E-state index in [0.29, 0.717) is 11.4 Å². The molecule has 2 aromatic carbocycles. The van der Waals surface area contributed by atoms with Gasteiger partial charge in [-0.15, -0.1) is 5.10 Å². The molecule has 11 heteroatoms. The SMILES string of the molecule is CN(C)S(=O)(=O)c1ccc(Cl)c(C(=O)Nc2cccc(-n3cnnn3)c2)c1. The molecule has 3 aromatic rings. The largest absolute Gasteiger partial charge is 0.322 e. The van der Waals surface area contributed by atoms with Crippen LogP contribution in [0.25, 0.3) is 5.69 Å². The predicted octanol–water partition coefficient (Wildman–Crippen LogP) is 1.82. The van der Waals surface area contributed by atoms with Crippen LogP contribution in [0.3, 0.4) is 0 Å². The maximum Gasteiger partial charge on any atom is 0.257 e. The molecule has 1 aromatic heterocycles. The summed E-state index contributed by atoms with van der Waals surface area (Å²) in [6.07, 6.45) is 1.42. The molecule has 27 heavy (non-hydrogen) atoms. The van der Waals surface area contributed by atoms with E-state index in [1.165, 1.54) is 43.3 Å². The van der Waals surface area contributed by atoms with E-state index in [4.69, 9.17) is 11.6 Å². The second kappa shape index (κ2) is 7.43. The minimum absolute atomic E-state index is 0.0236. The molecular formula is C16H15ClN6O3S. The molecule has 1 N–H and O–H groups in total. The highest BCUT2D eigenvalue weighted by atomic mass is 35.5. The van der Waals surface area contributed by atoms with Gasteiger partial charge in [-0.05, 0) is 46.8 Å². The van der Waals surface area contributed by atoms with E-state index in [0.717, 1.165) is 4.31 Å². The lowest BCUT2D eigenvalue weighted by Gasteiger charge is -2.13. The number of benzene rings is 2. The number of carbonyl (C=O) groups is 1. The summed E-state index contributed by atoms with van der Waals surface area (Å²) >= 11 is 6.10. The molecule has 9 nitrogen and oxygen atoms in total. The Morgan fingerprint density at radius 2 is 1.96 bits per heavy atom. The number of halogens is 1. The molecule has 0 radical (unpaired) electrons. The minimum Gasteiger partial charge on any atom is -0.322 e. The Balaban J connectivity index is 1.90. The first kappa shape index (κ1) is 19.0. The molecule has 1 heterocycles. The van der Waals surface area contributed by atoms with Crippen LogP contribution in [-0.4, -0.2) is 52.9 Å². The van der Waals surface area contributed by atoms with Gasteiger partial charge >= 0.3 is 0 Å². The Kier molecular flexibility index (Phi) is 5.22. The maximum atomic E-state index is 12.6. The van der Waals surface area contributed by atoms with E-state index in [-0.39, 0.29) is 15.5 Å². The van der Waals surface area contributed by atoms with Crippen LogP contribution in [0.1, 0.15) is 10.4 Å². The number of sulfonamides is 1. The van der Waals surface area contributed by atoms with E-state index in [1.807, 2.05) is 0 Å². The van der Waals surface area contributed by atoms with E-state index in [2.05, 4.69) is 20.8 Å². The van der Waals surface area contributed by atoms with Gasteiger partial charge in [0.2, 0.25) is 10.0 Å². The molecule has 0 bridgehead atoms. The number of carbonyl (C=O) groups excluding carboxylic acids is 1. The summed E-state index contributed by atoms with van der Waals surface area (Å²) in [7, 11) is -0.868. The monoisotopic (exact) mass is 406 g/mol. The zero-order chi connectivity index (χ0) is 19.6. The average Bonchev–Trinajstić information content (AvgIpc) is 3.16. The lowest BCUT2D eigenvalue weighted by Crippen LogP contribution is -2.23. The first-order valence-electron chi connectivity index (χ1n) is 7.66. The summed E-state index contributed by atoms with van der Waals surface area (Å²) in [5.74, 6) is -0.537. The highest BCUT2D eigenvalue weighted by Crippen LogP contribution is 2.23. The summed E-state index contributed by atoms with van der Waals surface area (Å²) in [4.78, 5) is 12.6. The lowest BCUT2D eigenvalue weighted by atomic mass is 10.2. The van der Waals surface area contributed by atoms with Crippen LogP contribution in [0, 0.1) is 0 Å². The fourth-order valence-electron chi connectivity index (χ4n) is 2.25. The Bertz CT molecular complexity index is 1080. The molecule has 0 spiro atoms. The standard InChI is InChI=1S/C16H15ClN6O3S/c1-22(2)27(25,26)13-6-7-15(17)14(9-13)16(24)19-11-4-3-5-12(8-11)23-10-18-20-21-23/h3-10H,1-2H3,(H,19,24). The number of rotatable bonds is 5. The number of aromatic nitrogens is 4. The molecule has 1 amide bonds. The molecule has 0 saturated heterocycles. The molecule has 3 rings (SSSR count). The molecule has 0 fully saturated rings. The third-order valence-electron chi connectivity index (χ3n) is 3.68. The van der Waals surface area contributed by atoms with Crippen molar-refractivity contribution in [1.29, 1.82) is 0 Å². The van der Waals surface area contributed by atoms with Crippen LogP contribution in [0.5, 0.6) is 0 Å². The summed E-state index contributed by atoms with van der Waals surface area (Å²) < 4.78 is 27.1. The summed E-state index contributed by atoms with van der Waals surface area (Å²) in [5, 5.41) is 13.7. The first-order chi connectivity index (χ1) is 12.8. The Morgan fingerprint density at radius 1 is 1.19 bits per heavy atom. The molecule has 0 aliphatic carbocycles. The molecule has 0 aliphatic heterocycles. The van der Waals surface area contributed by atoms with Crippen molar-refractivity contribution in [2.75, 3.05) is 19.4 Å².